The number of hydrogen-bond donors (Lipinski definition) is 1. The van der Waals surface area contributed by atoms with E-state index in [0.717, 1.165) is 6.07 Å². The van der Waals surface area contributed by atoms with Gasteiger partial charge >= 0.3 is 12.1 Å². The molecule has 12 heteroatoms. The minimum atomic E-state index is -4.65. The first-order chi connectivity index (χ1) is 20.4. The van der Waals surface area contributed by atoms with Gasteiger partial charge in [0.1, 0.15) is 11.4 Å². The number of aromatic nitrogens is 1. The Bertz CT molecular complexity index is 1540. The highest BCUT2D eigenvalue weighted by molar-refractivity contribution is 9.10. The van der Waals surface area contributed by atoms with Gasteiger partial charge in [-0.1, -0.05) is 34.1 Å². The zero-order valence-corrected chi connectivity index (χ0v) is 26.5. The Morgan fingerprint density at radius 3 is 2.50 bits per heavy atom. The van der Waals surface area contributed by atoms with Crippen molar-refractivity contribution in [2.24, 2.45) is 0 Å². The third-order valence-electron chi connectivity index (χ3n) is 7.42. The number of fused-ring (bicyclic) bond motifs is 1. The smallest absolute Gasteiger partial charge is 0.416 e. The van der Waals surface area contributed by atoms with Crippen molar-refractivity contribution in [1.29, 1.82) is 0 Å². The van der Waals surface area contributed by atoms with Gasteiger partial charge in [-0.05, 0) is 70.4 Å². The zero-order valence-electron chi connectivity index (χ0n) is 25.0. The number of ether oxygens (including phenoxy) is 1. The summed E-state index contributed by atoms with van der Waals surface area (Å²) in [6.07, 6.45) is -4.81. The number of piperidine rings is 1. The van der Waals surface area contributed by atoms with Gasteiger partial charge in [0.05, 0.1) is 23.2 Å². The monoisotopic (exact) mass is 683 g/mol. The molecule has 2 heterocycles. The molecule has 0 bridgehead atoms. The molecule has 4 rings (SSSR count). The third-order valence-corrected chi connectivity index (χ3v) is 7.91. The number of amides is 1. The van der Waals surface area contributed by atoms with Gasteiger partial charge in [-0.2, -0.15) is 13.2 Å². The van der Waals surface area contributed by atoms with Crippen LogP contribution in [0.3, 0.4) is 0 Å². The van der Waals surface area contributed by atoms with Crippen molar-refractivity contribution < 1.29 is 36.3 Å². The highest BCUT2D eigenvalue weighted by atomic mass is 79.9. The SMILES string of the molecule is Cc1c(N2CCCC(F)(F)C2)nc2ccc(Br)cc2c1C(=O)NCC(CCC(=O)OC(C)(C)C)c1ccccc1C(F)(F)F. The van der Waals surface area contributed by atoms with Crippen LogP contribution in [0.1, 0.15) is 79.4 Å². The summed E-state index contributed by atoms with van der Waals surface area (Å²) in [5, 5.41) is 3.24. The number of carbonyl (C=O) groups excluding carboxylic acids is 2. The number of halogens is 6. The summed E-state index contributed by atoms with van der Waals surface area (Å²) in [5.41, 5.74) is -0.696. The van der Waals surface area contributed by atoms with Crippen LogP contribution in [0.5, 0.6) is 0 Å². The van der Waals surface area contributed by atoms with E-state index in [1.54, 1.807) is 45.9 Å². The number of rotatable bonds is 8. The summed E-state index contributed by atoms with van der Waals surface area (Å²) >= 11 is 3.40. The molecule has 1 atom stereocenters. The molecule has 2 aromatic carbocycles. The van der Waals surface area contributed by atoms with Crippen molar-refractivity contribution in [3.8, 4) is 0 Å². The second-order valence-corrected chi connectivity index (χ2v) is 13.0. The van der Waals surface area contributed by atoms with Crippen molar-refractivity contribution in [3.05, 3.63) is 69.2 Å². The topological polar surface area (TPSA) is 71.5 Å². The molecule has 1 fully saturated rings. The largest absolute Gasteiger partial charge is 0.460 e. The number of alkyl halides is 5. The molecule has 0 spiro atoms. The summed E-state index contributed by atoms with van der Waals surface area (Å²) in [6, 6.07) is 10.2. The van der Waals surface area contributed by atoms with Crippen LogP contribution >= 0.6 is 15.9 Å². The molecular formula is C32H35BrF5N3O3. The van der Waals surface area contributed by atoms with Crippen molar-refractivity contribution in [1.82, 2.24) is 10.3 Å². The fraction of sp³-hybridized carbons (Fsp3) is 0.469. The van der Waals surface area contributed by atoms with Crippen LogP contribution in [0.2, 0.25) is 0 Å². The molecule has 1 aliphatic heterocycles. The Kier molecular flexibility index (Phi) is 9.92. The average Bonchev–Trinajstić information content (AvgIpc) is 2.90. The molecule has 1 aromatic heterocycles. The summed E-state index contributed by atoms with van der Waals surface area (Å²) < 4.78 is 76.7. The van der Waals surface area contributed by atoms with Gasteiger partial charge in [-0.3, -0.25) is 9.59 Å². The number of carbonyl (C=O) groups is 2. The summed E-state index contributed by atoms with van der Waals surface area (Å²) in [6.45, 7) is 6.30. The molecule has 238 valence electrons. The Morgan fingerprint density at radius 1 is 1.14 bits per heavy atom. The van der Waals surface area contributed by atoms with Gasteiger partial charge in [-0.15, -0.1) is 0 Å². The predicted molar refractivity (Wildman–Crippen MR) is 162 cm³/mol. The van der Waals surface area contributed by atoms with Crippen molar-refractivity contribution >= 4 is 44.5 Å². The van der Waals surface area contributed by atoms with E-state index < -0.39 is 47.6 Å². The Labute approximate surface area is 261 Å². The van der Waals surface area contributed by atoms with E-state index in [-0.39, 0.29) is 49.2 Å². The number of nitrogens with one attached hydrogen (secondary N) is 1. The van der Waals surface area contributed by atoms with Gasteiger partial charge in [0, 0.05) is 47.3 Å². The van der Waals surface area contributed by atoms with Crippen LogP contribution in [-0.2, 0) is 15.7 Å². The first-order valence-corrected chi connectivity index (χ1v) is 15.1. The Balaban J connectivity index is 1.69. The summed E-state index contributed by atoms with van der Waals surface area (Å²) in [5.74, 6) is -4.69. The molecule has 1 aliphatic rings. The lowest BCUT2D eigenvalue weighted by Gasteiger charge is -2.34. The quantitative estimate of drug-likeness (QED) is 0.192. The van der Waals surface area contributed by atoms with Gasteiger partial charge in [0.15, 0.2) is 0 Å². The zero-order chi connectivity index (χ0) is 32.4. The standard InChI is InChI=1S/C32H35BrF5N3O3/c1-19-27(23-16-21(33)11-12-25(23)40-28(19)41-15-7-14-31(34,35)18-41)29(43)39-17-20(10-13-26(42)44-30(2,3)4)22-8-5-6-9-24(22)32(36,37)38/h5-6,8-9,11-12,16,20H,7,10,13-15,17-18H2,1-4H3,(H,39,43). The maximum absolute atomic E-state index is 14.3. The lowest BCUT2D eigenvalue weighted by molar-refractivity contribution is -0.155. The van der Waals surface area contributed by atoms with Crippen LogP contribution in [0, 0.1) is 6.92 Å². The minimum absolute atomic E-state index is 0.0159. The summed E-state index contributed by atoms with van der Waals surface area (Å²) in [4.78, 5) is 32.4. The Morgan fingerprint density at radius 2 is 1.84 bits per heavy atom. The molecule has 6 nitrogen and oxygen atoms in total. The van der Waals surface area contributed by atoms with E-state index in [2.05, 4.69) is 26.2 Å². The average molecular weight is 685 g/mol. The van der Waals surface area contributed by atoms with Crippen LogP contribution in [0.25, 0.3) is 10.9 Å². The molecule has 44 heavy (non-hydrogen) atoms. The van der Waals surface area contributed by atoms with Crippen molar-refractivity contribution in [2.75, 3.05) is 24.5 Å². The molecule has 1 unspecified atom stereocenters. The number of hydrogen-bond acceptors (Lipinski definition) is 5. The fourth-order valence-electron chi connectivity index (χ4n) is 5.53. The van der Waals surface area contributed by atoms with Crippen molar-refractivity contribution in [2.45, 2.75) is 77.0 Å². The third kappa shape index (κ3) is 8.25. The molecule has 1 N–H and O–H groups in total. The molecule has 0 aliphatic carbocycles. The molecule has 3 aromatic rings. The van der Waals surface area contributed by atoms with Crippen molar-refractivity contribution in [3.63, 3.8) is 0 Å². The lowest BCUT2D eigenvalue weighted by Crippen LogP contribution is -2.43. The molecule has 0 saturated carbocycles. The van der Waals surface area contributed by atoms with E-state index in [1.165, 1.54) is 23.1 Å². The molecule has 0 radical (unpaired) electrons. The number of nitrogens with zero attached hydrogens (tertiary/aromatic N) is 2. The maximum Gasteiger partial charge on any atom is 0.416 e. The van der Waals surface area contributed by atoms with Crippen LogP contribution in [0.15, 0.2) is 46.9 Å². The number of anilines is 1. The van der Waals surface area contributed by atoms with Crippen LogP contribution in [0.4, 0.5) is 27.8 Å². The fourth-order valence-corrected chi connectivity index (χ4v) is 5.89. The molecular weight excluding hydrogens is 649 g/mol. The normalized spacial score (nSPS) is 16.1. The van der Waals surface area contributed by atoms with Crippen LogP contribution < -0.4 is 10.2 Å². The van der Waals surface area contributed by atoms with E-state index in [0.29, 0.717) is 27.5 Å². The Hall–Kier alpha value is -3.28. The van der Waals surface area contributed by atoms with Crippen LogP contribution in [-0.4, -0.2) is 48.0 Å². The first-order valence-electron chi connectivity index (χ1n) is 14.3. The van der Waals surface area contributed by atoms with E-state index in [9.17, 15) is 31.5 Å². The number of esters is 1. The predicted octanol–water partition coefficient (Wildman–Crippen LogP) is 8.20. The second-order valence-electron chi connectivity index (χ2n) is 12.1. The van der Waals surface area contributed by atoms with Gasteiger partial charge in [0.25, 0.3) is 11.8 Å². The summed E-state index contributed by atoms with van der Waals surface area (Å²) in [7, 11) is 0. The highest BCUT2D eigenvalue weighted by Crippen LogP contribution is 2.38. The second kappa shape index (κ2) is 13.0. The molecule has 1 amide bonds. The highest BCUT2D eigenvalue weighted by Gasteiger charge is 2.38. The lowest BCUT2D eigenvalue weighted by atomic mass is 9.89. The number of benzene rings is 2. The van der Waals surface area contributed by atoms with E-state index >= 15 is 0 Å². The van der Waals surface area contributed by atoms with Gasteiger partial charge < -0.3 is 15.0 Å². The minimum Gasteiger partial charge on any atom is -0.460 e. The van der Waals surface area contributed by atoms with Gasteiger partial charge in [0.2, 0.25) is 0 Å². The first kappa shape index (κ1) is 33.6. The maximum atomic E-state index is 14.3. The van der Waals surface area contributed by atoms with Gasteiger partial charge in [-0.25, -0.2) is 13.8 Å². The number of pyridine rings is 1. The molecule has 1 saturated heterocycles. The van der Waals surface area contributed by atoms with E-state index in [1.807, 2.05) is 0 Å². The van der Waals surface area contributed by atoms with E-state index in [4.69, 9.17) is 4.74 Å².